The molecule has 0 amide bonds. The average Bonchev–Trinajstić information content (AvgIpc) is 2.56. The number of carboxylic acid groups (broad SMARTS) is 1. The Kier molecular flexibility index (Phi) is 2.62. The summed E-state index contributed by atoms with van der Waals surface area (Å²) in [5.74, 6) is -0.564. The van der Waals surface area contributed by atoms with E-state index in [0.29, 0.717) is 0 Å². The molecular formula is C12H15NO2. The summed E-state index contributed by atoms with van der Waals surface area (Å²) < 4.78 is 0. The van der Waals surface area contributed by atoms with Gasteiger partial charge in [-0.1, -0.05) is 18.2 Å². The van der Waals surface area contributed by atoms with Crippen LogP contribution in [-0.4, -0.2) is 24.2 Å². The van der Waals surface area contributed by atoms with Gasteiger partial charge < -0.3 is 10.0 Å². The first-order valence-electron chi connectivity index (χ1n) is 5.28. The summed E-state index contributed by atoms with van der Waals surface area (Å²) in [5.41, 5.74) is 2.38. The first-order chi connectivity index (χ1) is 7.22. The van der Waals surface area contributed by atoms with Crippen LogP contribution in [0.15, 0.2) is 24.3 Å². The van der Waals surface area contributed by atoms with Crippen molar-refractivity contribution in [3.8, 4) is 0 Å². The minimum atomic E-state index is -0.715. The van der Waals surface area contributed by atoms with Crippen molar-refractivity contribution in [2.75, 3.05) is 18.0 Å². The Morgan fingerprint density at radius 1 is 1.53 bits per heavy atom. The minimum Gasteiger partial charge on any atom is -0.481 e. The highest BCUT2D eigenvalue weighted by Gasteiger charge is 2.28. The van der Waals surface area contributed by atoms with Crippen LogP contribution in [-0.2, 0) is 4.79 Å². The number of likely N-dealkylation sites (N-methyl/N-ethyl adjacent to an activating group) is 1. The van der Waals surface area contributed by atoms with Gasteiger partial charge in [0.05, 0.1) is 6.42 Å². The summed E-state index contributed by atoms with van der Waals surface area (Å²) in [5, 5.41) is 8.84. The molecule has 0 saturated carbocycles. The van der Waals surface area contributed by atoms with Crippen molar-refractivity contribution in [2.45, 2.75) is 19.3 Å². The molecule has 0 bridgehead atoms. The van der Waals surface area contributed by atoms with Gasteiger partial charge >= 0.3 is 5.97 Å². The number of nitrogens with zero attached hydrogens (tertiary/aromatic N) is 1. The predicted octanol–water partition coefficient (Wildman–Crippen LogP) is 2.08. The highest BCUT2D eigenvalue weighted by atomic mass is 16.4. The van der Waals surface area contributed by atoms with Gasteiger partial charge in [-0.15, -0.1) is 0 Å². The fourth-order valence-corrected chi connectivity index (χ4v) is 2.27. The predicted molar refractivity (Wildman–Crippen MR) is 59.3 cm³/mol. The molecule has 0 aliphatic carbocycles. The molecule has 3 heteroatoms. The number of anilines is 1. The number of rotatable bonds is 3. The minimum absolute atomic E-state index is 0.152. The van der Waals surface area contributed by atoms with Crippen LogP contribution in [0.5, 0.6) is 0 Å². The highest BCUT2D eigenvalue weighted by molar-refractivity contribution is 5.71. The maximum absolute atomic E-state index is 10.7. The lowest BCUT2D eigenvalue weighted by molar-refractivity contribution is -0.137. The van der Waals surface area contributed by atoms with E-state index in [9.17, 15) is 4.79 Å². The highest BCUT2D eigenvalue weighted by Crippen LogP contribution is 2.37. The fourth-order valence-electron chi connectivity index (χ4n) is 2.27. The molecule has 0 spiro atoms. The van der Waals surface area contributed by atoms with Crippen LogP contribution in [0.4, 0.5) is 5.69 Å². The topological polar surface area (TPSA) is 40.5 Å². The zero-order chi connectivity index (χ0) is 10.8. The molecule has 0 fully saturated rings. The van der Waals surface area contributed by atoms with Crippen LogP contribution in [0.3, 0.4) is 0 Å². The molecule has 1 unspecified atom stereocenters. The van der Waals surface area contributed by atoms with Crippen LogP contribution >= 0.6 is 0 Å². The average molecular weight is 205 g/mol. The number of benzene rings is 1. The second kappa shape index (κ2) is 3.93. The van der Waals surface area contributed by atoms with E-state index in [4.69, 9.17) is 5.11 Å². The van der Waals surface area contributed by atoms with Crippen LogP contribution in [0.2, 0.25) is 0 Å². The third kappa shape index (κ3) is 1.82. The second-order valence-corrected chi connectivity index (χ2v) is 3.89. The zero-order valence-electron chi connectivity index (χ0n) is 8.81. The van der Waals surface area contributed by atoms with Gasteiger partial charge in [0.15, 0.2) is 0 Å². The van der Waals surface area contributed by atoms with E-state index >= 15 is 0 Å². The lowest BCUT2D eigenvalue weighted by atomic mass is 9.98. The van der Waals surface area contributed by atoms with Crippen LogP contribution < -0.4 is 4.90 Å². The van der Waals surface area contributed by atoms with E-state index in [2.05, 4.69) is 17.9 Å². The molecule has 1 N–H and O–H groups in total. The molecular weight excluding hydrogens is 190 g/mol. The van der Waals surface area contributed by atoms with Crippen molar-refractivity contribution in [3.63, 3.8) is 0 Å². The molecule has 0 aromatic heterocycles. The Morgan fingerprint density at radius 3 is 2.93 bits per heavy atom. The molecule has 1 aromatic rings. The van der Waals surface area contributed by atoms with Gasteiger partial charge in [-0.05, 0) is 18.6 Å². The van der Waals surface area contributed by atoms with E-state index in [1.165, 1.54) is 11.3 Å². The standard InChI is InChI=1S/C12H15NO2/c1-2-13-8-9(7-12(14)15)10-5-3-4-6-11(10)13/h3-6,9H,2,7-8H2,1H3,(H,14,15). The molecule has 0 saturated heterocycles. The summed E-state index contributed by atoms with van der Waals surface area (Å²) in [4.78, 5) is 13.0. The summed E-state index contributed by atoms with van der Waals surface area (Å²) in [6.07, 6.45) is 0.230. The molecule has 80 valence electrons. The van der Waals surface area contributed by atoms with Gasteiger partial charge in [-0.25, -0.2) is 0 Å². The van der Waals surface area contributed by atoms with Crippen molar-refractivity contribution < 1.29 is 9.90 Å². The van der Waals surface area contributed by atoms with Crippen LogP contribution in [0, 0.1) is 0 Å². The van der Waals surface area contributed by atoms with Crippen LogP contribution in [0.1, 0.15) is 24.8 Å². The third-order valence-corrected chi connectivity index (χ3v) is 2.96. The van der Waals surface area contributed by atoms with Crippen LogP contribution in [0.25, 0.3) is 0 Å². The van der Waals surface area contributed by atoms with E-state index in [-0.39, 0.29) is 12.3 Å². The normalized spacial score (nSPS) is 19.0. The molecule has 1 aliphatic rings. The zero-order valence-corrected chi connectivity index (χ0v) is 8.81. The number of carbonyl (C=O) groups is 1. The number of aliphatic carboxylic acids is 1. The number of hydrogen-bond donors (Lipinski definition) is 1. The number of para-hydroxylation sites is 1. The molecule has 1 aromatic carbocycles. The molecule has 2 rings (SSSR count). The maximum Gasteiger partial charge on any atom is 0.304 e. The molecule has 3 nitrogen and oxygen atoms in total. The maximum atomic E-state index is 10.7. The van der Waals surface area contributed by atoms with Crippen molar-refractivity contribution in [3.05, 3.63) is 29.8 Å². The van der Waals surface area contributed by atoms with Gasteiger partial charge in [-0.3, -0.25) is 4.79 Å². The second-order valence-electron chi connectivity index (χ2n) is 3.89. The molecule has 1 atom stereocenters. The van der Waals surface area contributed by atoms with E-state index < -0.39 is 5.97 Å². The number of hydrogen-bond acceptors (Lipinski definition) is 2. The molecule has 1 heterocycles. The van der Waals surface area contributed by atoms with Crippen molar-refractivity contribution in [1.29, 1.82) is 0 Å². The first-order valence-corrected chi connectivity index (χ1v) is 5.28. The number of fused-ring (bicyclic) bond motifs is 1. The Bertz CT molecular complexity index is 376. The van der Waals surface area contributed by atoms with Gasteiger partial charge in [0, 0.05) is 24.7 Å². The van der Waals surface area contributed by atoms with E-state index in [1.54, 1.807) is 0 Å². The van der Waals surface area contributed by atoms with Gasteiger partial charge in [-0.2, -0.15) is 0 Å². The van der Waals surface area contributed by atoms with Gasteiger partial charge in [0.2, 0.25) is 0 Å². The first kappa shape index (κ1) is 10.0. The van der Waals surface area contributed by atoms with Gasteiger partial charge in [0.1, 0.15) is 0 Å². The molecule has 15 heavy (non-hydrogen) atoms. The van der Waals surface area contributed by atoms with Gasteiger partial charge in [0.25, 0.3) is 0 Å². The van der Waals surface area contributed by atoms with Crippen molar-refractivity contribution >= 4 is 11.7 Å². The quantitative estimate of drug-likeness (QED) is 0.821. The van der Waals surface area contributed by atoms with E-state index in [0.717, 1.165) is 13.1 Å². The fraction of sp³-hybridized carbons (Fsp3) is 0.417. The lowest BCUT2D eigenvalue weighted by Crippen LogP contribution is -2.21. The summed E-state index contributed by atoms with van der Waals surface area (Å²) in [7, 11) is 0. The molecule has 0 radical (unpaired) electrons. The van der Waals surface area contributed by atoms with Crippen molar-refractivity contribution in [2.24, 2.45) is 0 Å². The monoisotopic (exact) mass is 205 g/mol. The number of carboxylic acids is 1. The van der Waals surface area contributed by atoms with Crippen molar-refractivity contribution in [1.82, 2.24) is 0 Å². The Morgan fingerprint density at radius 2 is 2.27 bits per heavy atom. The summed E-state index contributed by atoms with van der Waals surface area (Å²) in [6, 6.07) is 8.09. The smallest absolute Gasteiger partial charge is 0.304 e. The SMILES string of the molecule is CCN1CC(CC(=O)O)c2ccccc21. The molecule has 1 aliphatic heterocycles. The van der Waals surface area contributed by atoms with E-state index in [1.807, 2.05) is 18.2 Å². The largest absolute Gasteiger partial charge is 0.481 e. The summed E-state index contributed by atoms with van der Waals surface area (Å²) in [6.45, 7) is 3.87. The third-order valence-electron chi connectivity index (χ3n) is 2.96. The Balaban J connectivity index is 2.29. The lowest BCUT2D eigenvalue weighted by Gasteiger charge is -2.16. The summed E-state index contributed by atoms with van der Waals surface area (Å²) >= 11 is 0. The Hall–Kier alpha value is -1.51. The Labute approximate surface area is 89.3 Å².